The number of nitrogens with one attached hydrogen (secondary N) is 1. The van der Waals surface area contributed by atoms with Crippen molar-refractivity contribution in [3.8, 4) is 10.4 Å². The van der Waals surface area contributed by atoms with Gasteiger partial charge in [-0.15, -0.1) is 11.3 Å². The fourth-order valence-electron chi connectivity index (χ4n) is 3.10. The highest BCUT2D eigenvalue weighted by atomic mass is 35.5. The lowest BCUT2D eigenvalue weighted by atomic mass is 10.0. The van der Waals surface area contributed by atoms with E-state index in [1.165, 1.54) is 11.3 Å². The van der Waals surface area contributed by atoms with E-state index in [0.717, 1.165) is 10.4 Å². The zero-order valence-electron chi connectivity index (χ0n) is 16.2. The van der Waals surface area contributed by atoms with Crippen LogP contribution >= 0.6 is 34.5 Å². The van der Waals surface area contributed by atoms with E-state index in [1.54, 1.807) is 65.8 Å². The number of nitrogens with zero attached hydrogens (tertiary/aromatic N) is 2. The topological polar surface area (TPSA) is 64.0 Å². The zero-order valence-corrected chi connectivity index (χ0v) is 18.5. The van der Waals surface area contributed by atoms with Gasteiger partial charge in [-0.1, -0.05) is 47.5 Å². The molecule has 4 rings (SSSR count). The summed E-state index contributed by atoms with van der Waals surface area (Å²) in [6.45, 7) is 0.256. The first-order chi connectivity index (χ1) is 15.0. The monoisotopic (exact) mass is 469 g/mol. The third kappa shape index (κ3) is 5.22. The van der Waals surface area contributed by atoms with E-state index in [0.29, 0.717) is 20.5 Å². The first kappa shape index (κ1) is 21.3. The van der Waals surface area contributed by atoms with E-state index >= 15 is 0 Å². The Morgan fingerprint density at radius 2 is 1.84 bits per heavy atom. The minimum atomic E-state index is -0.777. The number of ketones is 1. The smallest absolute Gasteiger partial charge is 0.262 e. The maximum absolute atomic E-state index is 13.1. The molecule has 0 aliphatic heterocycles. The molecule has 8 heteroatoms. The molecule has 0 bridgehead atoms. The Labute approximate surface area is 193 Å². The van der Waals surface area contributed by atoms with Crippen LogP contribution in [0.3, 0.4) is 0 Å². The molecule has 1 atom stereocenters. The number of hydrogen-bond acceptors (Lipinski definition) is 4. The highest BCUT2D eigenvalue weighted by Crippen LogP contribution is 2.29. The molecule has 2 aromatic heterocycles. The highest BCUT2D eigenvalue weighted by Gasteiger charge is 2.24. The quantitative estimate of drug-likeness (QED) is 0.358. The van der Waals surface area contributed by atoms with E-state index < -0.39 is 6.04 Å². The number of benzene rings is 2. The van der Waals surface area contributed by atoms with E-state index in [9.17, 15) is 9.59 Å². The maximum atomic E-state index is 13.1. The summed E-state index contributed by atoms with van der Waals surface area (Å²) in [4.78, 5) is 31.6. The second-order valence-electron chi connectivity index (χ2n) is 6.83. The van der Waals surface area contributed by atoms with Gasteiger partial charge in [-0.2, -0.15) is 0 Å². The lowest BCUT2D eigenvalue weighted by Crippen LogP contribution is -2.43. The largest absolute Gasteiger partial charge is 0.339 e. The molecule has 0 saturated carbocycles. The maximum Gasteiger partial charge on any atom is 0.262 e. The average Bonchev–Trinajstić information content (AvgIpc) is 3.45. The fraction of sp³-hybridized carbons (Fsp3) is 0.0870. The number of imidazole rings is 1. The van der Waals surface area contributed by atoms with E-state index in [1.807, 2.05) is 18.2 Å². The van der Waals surface area contributed by atoms with Crippen LogP contribution < -0.4 is 5.32 Å². The number of carbonyl (C=O) groups excluding carboxylic acids is 2. The number of carbonyl (C=O) groups is 2. The first-order valence-corrected chi connectivity index (χ1v) is 11.0. The Balaban J connectivity index is 1.55. The van der Waals surface area contributed by atoms with Crippen molar-refractivity contribution in [2.45, 2.75) is 12.6 Å². The summed E-state index contributed by atoms with van der Waals surface area (Å²) >= 11 is 13.4. The molecule has 2 aromatic carbocycles. The van der Waals surface area contributed by atoms with Crippen LogP contribution in [0.15, 0.2) is 79.4 Å². The van der Waals surface area contributed by atoms with Crippen LogP contribution in [0.2, 0.25) is 10.0 Å². The van der Waals surface area contributed by atoms with Gasteiger partial charge in [0.1, 0.15) is 6.04 Å². The minimum Gasteiger partial charge on any atom is -0.339 e. The molecule has 2 heterocycles. The van der Waals surface area contributed by atoms with Gasteiger partial charge in [-0.3, -0.25) is 9.59 Å². The van der Waals surface area contributed by atoms with E-state index in [4.69, 9.17) is 23.2 Å². The summed E-state index contributed by atoms with van der Waals surface area (Å²) in [6, 6.07) is 17.0. The van der Waals surface area contributed by atoms with Gasteiger partial charge >= 0.3 is 0 Å². The number of amides is 1. The van der Waals surface area contributed by atoms with Gasteiger partial charge < -0.3 is 9.88 Å². The molecule has 0 spiro atoms. The third-order valence-electron chi connectivity index (χ3n) is 4.64. The van der Waals surface area contributed by atoms with Crippen LogP contribution in [-0.4, -0.2) is 27.3 Å². The van der Waals surface area contributed by atoms with Crippen molar-refractivity contribution in [2.24, 2.45) is 0 Å². The number of hydrogen-bond donors (Lipinski definition) is 1. The van der Waals surface area contributed by atoms with Crippen LogP contribution in [0.1, 0.15) is 20.0 Å². The second kappa shape index (κ2) is 9.47. The lowest BCUT2D eigenvalue weighted by molar-refractivity contribution is 0.0850. The minimum absolute atomic E-state index is 0.223. The van der Waals surface area contributed by atoms with Gasteiger partial charge in [0.2, 0.25) is 0 Å². The molecule has 1 N–H and O–H groups in total. The standard InChI is InChI=1S/C23H17Cl2N3O2S/c24-17-6-4-15(5-7-17)20-8-9-21(31-20)23(30)27-19(13-28-11-10-26-14-28)22(29)16-2-1-3-18(25)12-16/h1-12,14,19H,13H2,(H,27,30). The Kier molecular flexibility index (Phi) is 6.51. The second-order valence-corrected chi connectivity index (χ2v) is 8.79. The van der Waals surface area contributed by atoms with Crippen LogP contribution in [0, 0.1) is 0 Å². The molecule has 0 aliphatic rings. The number of rotatable bonds is 7. The molecular formula is C23H17Cl2N3O2S. The number of aromatic nitrogens is 2. The summed E-state index contributed by atoms with van der Waals surface area (Å²) in [5.41, 5.74) is 1.41. The van der Waals surface area contributed by atoms with Crippen molar-refractivity contribution in [3.05, 3.63) is 99.9 Å². The zero-order chi connectivity index (χ0) is 21.8. The number of halogens is 2. The Hall–Kier alpha value is -2.93. The predicted octanol–water partition coefficient (Wildman–Crippen LogP) is 5.60. The van der Waals surface area contributed by atoms with Gasteiger partial charge in [0.25, 0.3) is 5.91 Å². The van der Waals surface area contributed by atoms with Crippen molar-refractivity contribution in [3.63, 3.8) is 0 Å². The summed E-state index contributed by atoms with van der Waals surface area (Å²) in [5.74, 6) is -0.537. The van der Waals surface area contributed by atoms with Crippen LogP contribution in [-0.2, 0) is 6.54 Å². The lowest BCUT2D eigenvalue weighted by Gasteiger charge is -2.18. The SMILES string of the molecule is O=C(NC(Cn1ccnc1)C(=O)c1cccc(Cl)c1)c1ccc(-c2ccc(Cl)cc2)s1. The molecule has 1 unspecified atom stereocenters. The van der Waals surface area contributed by atoms with Crippen LogP contribution in [0.4, 0.5) is 0 Å². The summed E-state index contributed by atoms with van der Waals surface area (Å²) in [7, 11) is 0. The molecule has 0 radical (unpaired) electrons. The summed E-state index contributed by atoms with van der Waals surface area (Å²) in [6.07, 6.45) is 4.97. The van der Waals surface area contributed by atoms with Gasteiger partial charge in [-0.05, 0) is 42.0 Å². The van der Waals surface area contributed by atoms with E-state index in [-0.39, 0.29) is 18.2 Å². The number of Topliss-reactive ketones (excluding diaryl/α,β-unsaturated/α-hetero) is 1. The van der Waals surface area contributed by atoms with E-state index in [2.05, 4.69) is 10.3 Å². The Bertz CT molecular complexity index is 1200. The fourth-order valence-corrected chi connectivity index (χ4v) is 4.33. The predicted molar refractivity (Wildman–Crippen MR) is 124 cm³/mol. The Morgan fingerprint density at radius 3 is 2.55 bits per heavy atom. The van der Waals surface area contributed by atoms with Gasteiger partial charge in [0.15, 0.2) is 5.78 Å². The molecule has 156 valence electrons. The molecule has 1 amide bonds. The van der Waals surface area contributed by atoms with Gasteiger partial charge in [-0.25, -0.2) is 4.98 Å². The van der Waals surface area contributed by atoms with Crippen molar-refractivity contribution in [2.75, 3.05) is 0 Å². The molecule has 4 aromatic rings. The van der Waals surface area contributed by atoms with Gasteiger partial charge in [0.05, 0.1) is 17.7 Å². The summed E-state index contributed by atoms with van der Waals surface area (Å²) < 4.78 is 1.75. The molecular weight excluding hydrogens is 453 g/mol. The molecule has 0 aliphatic carbocycles. The first-order valence-electron chi connectivity index (χ1n) is 9.42. The number of thiophene rings is 1. The van der Waals surface area contributed by atoms with Crippen molar-refractivity contribution < 1.29 is 9.59 Å². The van der Waals surface area contributed by atoms with Gasteiger partial charge in [0, 0.05) is 32.9 Å². The molecule has 0 fully saturated rings. The average molecular weight is 470 g/mol. The Morgan fingerprint density at radius 1 is 1.03 bits per heavy atom. The third-order valence-corrected chi connectivity index (χ3v) is 6.26. The van der Waals surface area contributed by atoms with Crippen molar-refractivity contribution >= 4 is 46.2 Å². The van der Waals surface area contributed by atoms with Crippen LogP contribution in [0.25, 0.3) is 10.4 Å². The highest BCUT2D eigenvalue weighted by molar-refractivity contribution is 7.17. The molecule has 5 nitrogen and oxygen atoms in total. The van der Waals surface area contributed by atoms with Crippen molar-refractivity contribution in [1.29, 1.82) is 0 Å². The normalized spacial score (nSPS) is 11.8. The van der Waals surface area contributed by atoms with Crippen LogP contribution in [0.5, 0.6) is 0 Å². The van der Waals surface area contributed by atoms with Crippen molar-refractivity contribution in [1.82, 2.24) is 14.9 Å². The molecule has 31 heavy (non-hydrogen) atoms. The summed E-state index contributed by atoms with van der Waals surface area (Å²) in [5, 5.41) is 3.99. The molecule has 0 saturated heterocycles.